The maximum Gasteiger partial charge on any atom is 0.206 e. The molecule has 0 bridgehead atoms. The normalized spacial score (nSPS) is 13.6. The maximum absolute atomic E-state index is 13.5. The lowest BCUT2D eigenvalue weighted by atomic mass is 10.0. The van der Waals surface area contributed by atoms with Crippen molar-refractivity contribution in [3.05, 3.63) is 101 Å². The van der Waals surface area contributed by atoms with Gasteiger partial charge < -0.3 is 0 Å². The van der Waals surface area contributed by atoms with Gasteiger partial charge in [0, 0.05) is 11.6 Å². The Morgan fingerprint density at radius 2 is 1.54 bits per heavy atom. The summed E-state index contributed by atoms with van der Waals surface area (Å²) in [6.07, 6.45) is 3.73. The Morgan fingerprint density at radius 3 is 2.25 bits per heavy atom. The van der Waals surface area contributed by atoms with Crippen molar-refractivity contribution in [2.75, 3.05) is 0 Å². The molecule has 1 heterocycles. The lowest BCUT2D eigenvalue weighted by Crippen LogP contribution is -2.05. The topological polar surface area (TPSA) is 46.5 Å². The van der Waals surface area contributed by atoms with Crippen LogP contribution in [0.4, 0.5) is 8.78 Å². The van der Waals surface area contributed by atoms with Crippen LogP contribution < -0.4 is 0 Å². The molecule has 140 valence electrons. The minimum atomic E-state index is -4.06. The number of nitrogens with zero attached hydrogens (tertiary/aromatic N) is 1. The van der Waals surface area contributed by atoms with Gasteiger partial charge in [0.25, 0.3) is 0 Å². The van der Waals surface area contributed by atoms with Gasteiger partial charge in [-0.05, 0) is 41.5 Å². The Balaban J connectivity index is 1.71. The van der Waals surface area contributed by atoms with E-state index in [0.29, 0.717) is 23.9 Å². The fraction of sp³-hybridized carbons (Fsp3) is 0.0455. The molecule has 1 aliphatic rings. The van der Waals surface area contributed by atoms with Crippen LogP contribution in [0.25, 0.3) is 6.08 Å². The molecule has 0 aliphatic carbocycles. The maximum atomic E-state index is 13.5. The number of rotatable bonds is 4. The van der Waals surface area contributed by atoms with Crippen LogP contribution in [0.3, 0.4) is 0 Å². The average Bonchev–Trinajstić information content (AvgIpc) is 3.09. The van der Waals surface area contributed by atoms with E-state index in [1.807, 2.05) is 42.5 Å². The van der Waals surface area contributed by atoms with Crippen LogP contribution >= 0.6 is 0 Å². The van der Waals surface area contributed by atoms with E-state index in [1.165, 1.54) is 12.1 Å². The van der Waals surface area contributed by atoms with E-state index in [1.54, 1.807) is 6.07 Å². The van der Waals surface area contributed by atoms with Crippen molar-refractivity contribution in [2.45, 2.75) is 16.3 Å². The number of sulfone groups is 1. The molecule has 4 rings (SSSR count). The highest BCUT2D eigenvalue weighted by Crippen LogP contribution is 2.28. The Hall–Kier alpha value is -3.12. The average molecular weight is 395 g/mol. The minimum absolute atomic E-state index is 0.0287. The molecule has 3 aromatic carbocycles. The van der Waals surface area contributed by atoms with Crippen molar-refractivity contribution >= 4 is 21.6 Å². The van der Waals surface area contributed by atoms with Crippen LogP contribution in [0.15, 0.2) is 87.6 Å². The first-order valence-corrected chi connectivity index (χ1v) is 10.0. The van der Waals surface area contributed by atoms with Gasteiger partial charge >= 0.3 is 0 Å². The van der Waals surface area contributed by atoms with Gasteiger partial charge in [-0.1, -0.05) is 42.5 Å². The molecular weight excluding hydrogens is 380 g/mol. The van der Waals surface area contributed by atoms with E-state index in [9.17, 15) is 17.2 Å². The van der Waals surface area contributed by atoms with Crippen molar-refractivity contribution < 1.29 is 17.2 Å². The predicted octanol–water partition coefficient (Wildman–Crippen LogP) is 4.81. The predicted molar refractivity (Wildman–Crippen MR) is 104 cm³/mol. The SMILES string of the molecule is O=S(=O)(c1cc(F)cc(F)c1)c1ccc2c(c1)C(/C=C/c1ccccc1)=NC2. The number of fused-ring (bicyclic) bond motifs is 1. The molecule has 0 radical (unpaired) electrons. The molecular formula is C22H15F2NO2S. The standard InChI is InChI=1S/C22H15F2NO2S/c23-17-10-18(24)12-20(11-17)28(26,27)19-8-7-16-14-25-22(21(16)13-19)9-6-15-4-2-1-3-5-15/h1-13H,14H2/b9-6+. The van der Waals surface area contributed by atoms with Gasteiger partial charge in [0.05, 0.1) is 22.0 Å². The monoisotopic (exact) mass is 395 g/mol. The van der Waals surface area contributed by atoms with Gasteiger partial charge in [-0.3, -0.25) is 4.99 Å². The van der Waals surface area contributed by atoms with Gasteiger partial charge in [-0.2, -0.15) is 0 Å². The lowest BCUT2D eigenvalue weighted by Gasteiger charge is -2.08. The van der Waals surface area contributed by atoms with Gasteiger partial charge in [0.15, 0.2) is 0 Å². The first-order chi connectivity index (χ1) is 13.4. The van der Waals surface area contributed by atoms with E-state index < -0.39 is 26.4 Å². The van der Waals surface area contributed by atoms with Crippen LogP contribution in [-0.4, -0.2) is 14.1 Å². The summed E-state index contributed by atoms with van der Waals surface area (Å²) in [5, 5.41) is 0. The smallest absolute Gasteiger partial charge is 0.206 e. The molecule has 0 N–H and O–H groups in total. The van der Waals surface area contributed by atoms with E-state index in [4.69, 9.17) is 0 Å². The highest BCUT2D eigenvalue weighted by atomic mass is 32.2. The third kappa shape index (κ3) is 3.51. The summed E-state index contributed by atoms with van der Waals surface area (Å²) in [7, 11) is -4.06. The second-order valence-corrected chi connectivity index (χ2v) is 8.32. The molecule has 6 heteroatoms. The summed E-state index contributed by atoms with van der Waals surface area (Å²) in [6, 6.07) is 16.6. The molecule has 28 heavy (non-hydrogen) atoms. The number of halogens is 2. The van der Waals surface area contributed by atoms with Gasteiger partial charge in [0.2, 0.25) is 9.84 Å². The number of aliphatic imine (C=N–C) groups is 1. The Labute approximate surface area is 161 Å². The number of allylic oxidation sites excluding steroid dienone is 1. The van der Waals surface area contributed by atoms with Gasteiger partial charge in [-0.25, -0.2) is 17.2 Å². The molecule has 0 saturated heterocycles. The summed E-state index contributed by atoms with van der Waals surface area (Å²) in [4.78, 5) is 4.01. The van der Waals surface area contributed by atoms with E-state index in [2.05, 4.69) is 4.99 Å². The third-order valence-corrected chi connectivity index (χ3v) is 6.20. The van der Waals surface area contributed by atoms with Crippen LogP contribution in [-0.2, 0) is 16.4 Å². The third-order valence-electron chi connectivity index (χ3n) is 4.47. The van der Waals surface area contributed by atoms with E-state index in [-0.39, 0.29) is 4.90 Å². The van der Waals surface area contributed by atoms with Crippen molar-refractivity contribution in [3.63, 3.8) is 0 Å². The van der Waals surface area contributed by atoms with Crippen molar-refractivity contribution in [3.8, 4) is 0 Å². The fourth-order valence-corrected chi connectivity index (χ4v) is 4.38. The molecule has 0 aromatic heterocycles. The summed E-state index contributed by atoms with van der Waals surface area (Å²) in [5.41, 5.74) is 3.27. The molecule has 3 nitrogen and oxygen atoms in total. The first kappa shape index (κ1) is 18.3. The summed E-state index contributed by atoms with van der Waals surface area (Å²) in [6.45, 7) is 0.457. The highest BCUT2D eigenvalue weighted by Gasteiger charge is 2.23. The van der Waals surface area contributed by atoms with Crippen molar-refractivity contribution in [1.82, 2.24) is 0 Å². The molecule has 1 aliphatic heterocycles. The number of benzene rings is 3. The molecule has 0 fully saturated rings. The second kappa shape index (κ2) is 7.13. The molecule has 0 spiro atoms. The summed E-state index contributed by atoms with van der Waals surface area (Å²) >= 11 is 0. The van der Waals surface area contributed by atoms with Crippen LogP contribution in [0.2, 0.25) is 0 Å². The molecule has 0 atom stereocenters. The zero-order chi connectivity index (χ0) is 19.7. The zero-order valence-electron chi connectivity index (χ0n) is 14.6. The molecule has 0 saturated carbocycles. The van der Waals surface area contributed by atoms with Crippen molar-refractivity contribution in [2.24, 2.45) is 4.99 Å². The highest BCUT2D eigenvalue weighted by molar-refractivity contribution is 7.91. The lowest BCUT2D eigenvalue weighted by molar-refractivity contribution is 0.567. The minimum Gasteiger partial charge on any atom is -0.280 e. The Morgan fingerprint density at radius 1 is 0.821 bits per heavy atom. The molecule has 0 unspecified atom stereocenters. The van der Waals surface area contributed by atoms with Crippen LogP contribution in [0.1, 0.15) is 16.7 Å². The largest absolute Gasteiger partial charge is 0.280 e. The number of hydrogen-bond donors (Lipinski definition) is 0. The van der Waals surface area contributed by atoms with Gasteiger partial charge in [-0.15, -0.1) is 0 Å². The zero-order valence-corrected chi connectivity index (χ0v) is 15.5. The fourth-order valence-electron chi connectivity index (χ4n) is 3.06. The van der Waals surface area contributed by atoms with E-state index in [0.717, 1.165) is 23.3 Å². The van der Waals surface area contributed by atoms with Crippen molar-refractivity contribution in [1.29, 1.82) is 0 Å². The van der Waals surface area contributed by atoms with Gasteiger partial charge in [0.1, 0.15) is 11.6 Å². The number of hydrogen-bond acceptors (Lipinski definition) is 3. The molecule has 0 amide bonds. The van der Waals surface area contributed by atoms with E-state index >= 15 is 0 Å². The summed E-state index contributed by atoms with van der Waals surface area (Å²) in [5.74, 6) is -1.87. The molecule has 3 aromatic rings. The quantitative estimate of drug-likeness (QED) is 0.636. The Kier molecular flexibility index (Phi) is 4.65. The van der Waals surface area contributed by atoms with Crippen LogP contribution in [0.5, 0.6) is 0 Å². The second-order valence-electron chi connectivity index (χ2n) is 6.37. The summed E-state index contributed by atoms with van der Waals surface area (Å²) < 4.78 is 52.6. The Bertz CT molecular complexity index is 1200. The first-order valence-electron chi connectivity index (χ1n) is 8.55. The van der Waals surface area contributed by atoms with Crippen LogP contribution in [0, 0.1) is 11.6 Å².